The van der Waals surface area contributed by atoms with Gasteiger partial charge in [-0.1, -0.05) is 0 Å². The van der Waals surface area contributed by atoms with Crippen LogP contribution in [-0.4, -0.2) is 41.6 Å². The maximum Gasteiger partial charge on any atom is 0.257 e. The van der Waals surface area contributed by atoms with Gasteiger partial charge in [0, 0.05) is 38.9 Å². The SMILES string of the molecule is CCn1ccc(C(=O)N2CCNCC2)c1N. The fourth-order valence-corrected chi connectivity index (χ4v) is 1.98. The molecule has 0 bridgehead atoms. The van der Waals surface area contributed by atoms with Gasteiger partial charge in [0.15, 0.2) is 0 Å². The second-order valence-electron chi connectivity index (χ2n) is 3.94. The van der Waals surface area contributed by atoms with Crippen LogP contribution in [0, 0.1) is 0 Å². The third-order valence-corrected chi connectivity index (χ3v) is 2.98. The highest BCUT2D eigenvalue weighted by molar-refractivity contribution is 5.98. The number of amides is 1. The molecule has 5 heteroatoms. The number of nitrogen functional groups attached to an aromatic ring is 1. The van der Waals surface area contributed by atoms with E-state index in [9.17, 15) is 4.79 Å². The van der Waals surface area contributed by atoms with Crippen LogP contribution in [0.1, 0.15) is 17.3 Å². The predicted molar refractivity (Wildman–Crippen MR) is 63.3 cm³/mol. The number of hydrogen-bond donors (Lipinski definition) is 2. The van der Waals surface area contributed by atoms with Crippen molar-refractivity contribution in [2.75, 3.05) is 31.9 Å². The Kier molecular flexibility index (Phi) is 3.14. The molecule has 0 unspecified atom stereocenters. The van der Waals surface area contributed by atoms with Crippen LogP contribution in [0.2, 0.25) is 0 Å². The number of piperazine rings is 1. The zero-order chi connectivity index (χ0) is 11.5. The molecule has 0 radical (unpaired) electrons. The number of nitrogens with one attached hydrogen (secondary N) is 1. The summed E-state index contributed by atoms with van der Waals surface area (Å²) < 4.78 is 1.88. The third-order valence-electron chi connectivity index (χ3n) is 2.98. The van der Waals surface area contributed by atoms with Crippen LogP contribution in [0.4, 0.5) is 5.82 Å². The number of carbonyl (C=O) groups excluding carboxylic acids is 1. The summed E-state index contributed by atoms with van der Waals surface area (Å²) in [7, 11) is 0. The number of aryl methyl sites for hydroxylation is 1. The molecule has 1 aliphatic rings. The second-order valence-corrected chi connectivity index (χ2v) is 3.94. The first-order chi connectivity index (χ1) is 7.74. The van der Waals surface area contributed by atoms with Gasteiger partial charge in [-0.25, -0.2) is 0 Å². The summed E-state index contributed by atoms with van der Waals surface area (Å²) in [6.07, 6.45) is 1.87. The molecule has 1 aliphatic heterocycles. The molecule has 88 valence electrons. The maximum atomic E-state index is 12.2. The fourth-order valence-electron chi connectivity index (χ4n) is 1.98. The molecule has 0 aliphatic carbocycles. The summed E-state index contributed by atoms with van der Waals surface area (Å²) in [4.78, 5) is 14.0. The number of nitrogens with two attached hydrogens (primary N) is 1. The van der Waals surface area contributed by atoms with Gasteiger partial charge in [0.1, 0.15) is 5.82 Å². The van der Waals surface area contributed by atoms with E-state index >= 15 is 0 Å². The lowest BCUT2D eigenvalue weighted by Crippen LogP contribution is -2.46. The normalized spacial score (nSPS) is 16.4. The molecule has 0 aromatic carbocycles. The van der Waals surface area contributed by atoms with Crippen molar-refractivity contribution in [1.82, 2.24) is 14.8 Å². The standard InChI is InChI=1S/C11H18N4O/c1-2-14-6-3-9(10(14)12)11(16)15-7-4-13-5-8-15/h3,6,13H,2,4-5,7-8,12H2,1H3. The first-order valence-electron chi connectivity index (χ1n) is 5.68. The Labute approximate surface area is 95.2 Å². The van der Waals surface area contributed by atoms with E-state index < -0.39 is 0 Å². The Bertz CT molecular complexity index is 379. The Balaban J connectivity index is 2.16. The quantitative estimate of drug-likeness (QED) is 0.748. The van der Waals surface area contributed by atoms with Gasteiger partial charge in [0.05, 0.1) is 5.56 Å². The lowest BCUT2D eigenvalue weighted by atomic mass is 10.2. The van der Waals surface area contributed by atoms with Gasteiger partial charge in [-0.05, 0) is 13.0 Å². The minimum Gasteiger partial charge on any atom is -0.384 e. The van der Waals surface area contributed by atoms with Crippen molar-refractivity contribution >= 4 is 11.7 Å². The summed E-state index contributed by atoms with van der Waals surface area (Å²) in [5.74, 6) is 0.622. The van der Waals surface area contributed by atoms with Gasteiger partial charge in [-0.15, -0.1) is 0 Å². The highest BCUT2D eigenvalue weighted by Gasteiger charge is 2.21. The van der Waals surface area contributed by atoms with E-state index in [2.05, 4.69) is 5.32 Å². The summed E-state index contributed by atoms with van der Waals surface area (Å²) >= 11 is 0. The van der Waals surface area contributed by atoms with Crippen LogP contribution in [-0.2, 0) is 6.54 Å². The molecule has 0 saturated carbocycles. The monoisotopic (exact) mass is 222 g/mol. The molecule has 5 nitrogen and oxygen atoms in total. The van der Waals surface area contributed by atoms with Crippen LogP contribution in [0.25, 0.3) is 0 Å². The van der Waals surface area contributed by atoms with E-state index in [0.29, 0.717) is 11.4 Å². The van der Waals surface area contributed by atoms with Crippen molar-refractivity contribution in [2.45, 2.75) is 13.5 Å². The van der Waals surface area contributed by atoms with Crippen molar-refractivity contribution in [3.63, 3.8) is 0 Å². The zero-order valence-electron chi connectivity index (χ0n) is 9.57. The van der Waals surface area contributed by atoms with Gasteiger partial charge in [0.2, 0.25) is 0 Å². The molecule has 1 saturated heterocycles. The maximum absolute atomic E-state index is 12.2. The highest BCUT2D eigenvalue weighted by Crippen LogP contribution is 2.16. The number of nitrogens with zero attached hydrogens (tertiary/aromatic N) is 2. The number of carbonyl (C=O) groups is 1. The van der Waals surface area contributed by atoms with Crippen molar-refractivity contribution in [3.05, 3.63) is 17.8 Å². The van der Waals surface area contributed by atoms with Crippen LogP contribution >= 0.6 is 0 Å². The molecule has 1 aromatic rings. The van der Waals surface area contributed by atoms with Gasteiger partial charge in [0.25, 0.3) is 5.91 Å². The van der Waals surface area contributed by atoms with Gasteiger partial charge in [-0.2, -0.15) is 0 Å². The van der Waals surface area contributed by atoms with Crippen molar-refractivity contribution in [2.24, 2.45) is 0 Å². The van der Waals surface area contributed by atoms with Crippen molar-refractivity contribution < 1.29 is 4.79 Å². The first kappa shape index (κ1) is 11.0. The number of hydrogen-bond acceptors (Lipinski definition) is 3. The van der Waals surface area contributed by atoms with E-state index in [1.165, 1.54) is 0 Å². The average molecular weight is 222 g/mol. The molecule has 2 heterocycles. The Morgan fingerprint density at radius 2 is 2.19 bits per heavy atom. The molecule has 16 heavy (non-hydrogen) atoms. The lowest BCUT2D eigenvalue weighted by Gasteiger charge is -2.27. The summed E-state index contributed by atoms with van der Waals surface area (Å²) in [5.41, 5.74) is 6.55. The lowest BCUT2D eigenvalue weighted by molar-refractivity contribution is 0.0737. The summed E-state index contributed by atoms with van der Waals surface area (Å²) in [6, 6.07) is 1.81. The Hall–Kier alpha value is -1.49. The molecular weight excluding hydrogens is 204 g/mol. The molecule has 0 spiro atoms. The van der Waals surface area contributed by atoms with E-state index in [1.54, 1.807) is 0 Å². The van der Waals surface area contributed by atoms with E-state index in [-0.39, 0.29) is 5.91 Å². The Morgan fingerprint density at radius 3 is 2.75 bits per heavy atom. The van der Waals surface area contributed by atoms with E-state index in [4.69, 9.17) is 5.73 Å². The molecule has 3 N–H and O–H groups in total. The number of aromatic nitrogens is 1. The molecule has 1 aromatic heterocycles. The molecule has 0 atom stereocenters. The van der Waals surface area contributed by atoms with E-state index in [0.717, 1.165) is 32.7 Å². The highest BCUT2D eigenvalue weighted by atomic mass is 16.2. The fraction of sp³-hybridized carbons (Fsp3) is 0.545. The smallest absolute Gasteiger partial charge is 0.257 e. The van der Waals surface area contributed by atoms with Crippen LogP contribution in [0.15, 0.2) is 12.3 Å². The first-order valence-corrected chi connectivity index (χ1v) is 5.68. The average Bonchev–Trinajstić information content (AvgIpc) is 2.70. The zero-order valence-corrected chi connectivity index (χ0v) is 9.57. The minimum atomic E-state index is 0.0474. The van der Waals surface area contributed by atoms with Crippen molar-refractivity contribution in [3.8, 4) is 0 Å². The minimum absolute atomic E-state index is 0.0474. The van der Waals surface area contributed by atoms with Crippen LogP contribution < -0.4 is 11.1 Å². The van der Waals surface area contributed by atoms with Crippen molar-refractivity contribution in [1.29, 1.82) is 0 Å². The molecule has 1 amide bonds. The van der Waals surface area contributed by atoms with Gasteiger partial charge >= 0.3 is 0 Å². The van der Waals surface area contributed by atoms with Crippen LogP contribution in [0.5, 0.6) is 0 Å². The van der Waals surface area contributed by atoms with Gasteiger partial charge < -0.3 is 20.5 Å². The van der Waals surface area contributed by atoms with Crippen LogP contribution in [0.3, 0.4) is 0 Å². The molecule has 1 fully saturated rings. The predicted octanol–water partition coefficient (Wildman–Crippen LogP) is 0.136. The summed E-state index contributed by atoms with van der Waals surface area (Å²) in [5, 5.41) is 3.22. The third kappa shape index (κ3) is 1.90. The largest absolute Gasteiger partial charge is 0.384 e. The molecule has 2 rings (SSSR count). The van der Waals surface area contributed by atoms with E-state index in [1.807, 2.05) is 28.7 Å². The second kappa shape index (κ2) is 4.57. The number of anilines is 1. The Morgan fingerprint density at radius 1 is 1.50 bits per heavy atom. The molecular formula is C11H18N4O. The van der Waals surface area contributed by atoms with Gasteiger partial charge in [-0.3, -0.25) is 4.79 Å². The number of rotatable bonds is 2. The topological polar surface area (TPSA) is 63.3 Å². The summed E-state index contributed by atoms with van der Waals surface area (Å²) in [6.45, 7) is 6.04.